The Morgan fingerprint density at radius 2 is 1.76 bits per heavy atom. The molecule has 174 valence electrons. The molecule has 1 N–H and O–H groups in total. The molecule has 10 heteroatoms. The highest BCUT2D eigenvalue weighted by Crippen LogP contribution is 2.19. The van der Waals surface area contributed by atoms with Gasteiger partial charge in [-0.05, 0) is 56.3 Å². The smallest absolute Gasteiger partial charge is 0.243 e. The van der Waals surface area contributed by atoms with Crippen LogP contribution in [0.2, 0.25) is 0 Å². The van der Waals surface area contributed by atoms with Crippen molar-refractivity contribution in [2.75, 3.05) is 38.0 Å². The highest BCUT2D eigenvalue weighted by atomic mass is 32.2. The Hall–Kier alpha value is -3.08. The van der Waals surface area contributed by atoms with E-state index < -0.39 is 15.8 Å². The summed E-state index contributed by atoms with van der Waals surface area (Å²) in [4.78, 5) is 14.8. The molecule has 1 aliphatic rings. The van der Waals surface area contributed by atoms with Crippen LogP contribution in [-0.2, 0) is 14.8 Å². The van der Waals surface area contributed by atoms with Gasteiger partial charge in [0.25, 0.3) is 0 Å². The largest absolute Gasteiger partial charge is 0.309 e. The lowest BCUT2D eigenvalue weighted by Crippen LogP contribution is -2.38. The Morgan fingerprint density at radius 1 is 1.03 bits per heavy atom. The van der Waals surface area contributed by atoms with Gasteiger partial charge in [-0.2, -0.15) is 9.40 Å². The van der Waals surface area contributed by atoms with Gasteiger partial charge in [0.15, 0.2) is 0 Å². The van der Waals surface area contributed by atoms with Crippen LogP contribution in [0.25, 0.3) is 5.69 Å². The van der Waals surface area contributed by atoms with Gasteiger partial charge in [-0.1, -0.05) is 18.2 Å². The van der Waals surface area contributed by atoms with Crippen molar-refractivity contribution in [3.05, 3.63) is 72.2 Å². The molecule has 0 spiro atoms. The number of rotatable bonds is 6. The summed E-state index contributed by atoms with van der Waals surface area (Å²) in [6.45, 7) is 3.62. The molecule has 0 bridgehead atoms. The van der Waals surface area contributed by atoms with Crippen LogP contribution in [-0.4, -0.2) is 66.0 Å². The Labute approximate surface area is 192 Å². The van der Waals surface area contributed by atoms with Crippen molar-refractivity contribution in [2.45, 2.75) is 18.2 Å². The van der Waals surface area contributed by atoms with Gasteiger partial charge in [-0.15, -0.1) is 0 Å². The van der Waals surface area contributed by atoms with Crippen LogP contribution in [0, 0.1) is 12.7 Å². The van der Waals surface area contributed by atoms with Crippen LogP contribution in [0.3, 0.4) is 0 Å². The van der Waals surface area contributed by atoms with Crippen molar-refractivity contribution in [3.8, 4) is 5.69 Å². The normalized spacial score (nSPS) is 15.8. The number of sulfonamides is 1. The number of hydrogen-bond donors (Lipinski definition) is 1. The number of aromatic nitrogens is 2. The number of carbonyl (C=O) groups excluding carboxylic acids is 1. The molecule has 3 aromatic rings. The van der Waals surface area contributed by atoms with E-state index in [4.69, 9.17) is 0 Å². The molecule has 33 heavy (non-hydrogen) atoms. The van der Waals surface area contributed by atoms with E-state index in [-0.39, 0.29) is 23.9 Å². The van der Waals surface area contributed by atoms with Crippen LogP contribution in [0.1, 0.15) is 12.1 Å². The molecule has 1 amide bonds. The highest BCUT2D eigenvalue weighted by molar-refractivity contribution is 7.89. The highest BCUT2D eigenvalue weighted by Gasteiger charge is 2.27. The first-order valence-electron chi connectivity index (χ1n) is 10.7. The number of nitrogens with one attached hydrogen (secondary N) is 1. The summed E-state index contributed by atoms with van der Waals surface area (Å²) in [7, 11) is -3.71. The summed E-state index contributed by atoms with van der Waals surface area (Å²) in [5.41, 5.74) is 1.63. The average Bonchev–Trinajstić information content (AvgIpc) is 2.99. The zero-order valence-corrected chi connectivity index (χ0v) is 19.1. The number of nitrogens with zero attached hydrogens (tertiary/aromatic N) is 4. The van der Waals surface area contributed by atoms with E-state index in [9.17, 15) is 17.6 Å². The van der Waals surface area contributed by atoms with E-state index in [2.05, 4.69) is 10.4 Å². The van der Waals surface area contributed by atoms with Gasteiger partial charge in [0, 0.05) is 25.7 Å². The third-order valence-electron chi connectivity index (χ3n) is 5.47. The van der Waals surface area contributed by atoms with Crippen molar-refractivity contribution >= 4 is 21.7 Å². The maximum atomic E-state index is 13.2. The van der Waals surface area contributed by atoms with Crippen molar-refractivity contribution in [3.63, 3.8) is 0 Å². The SMILES string of the molecule is Cc1cc(NC(=O)CN2CCCN(S(=O)(=O)c3ccc(F)cc3)CC2)n(-c2ccccc2)n1. The molecule has 2 aromatic carbocycles. The summed E-state index contributed by atoms with van der Waals surface area (Å²) in [6, 6.07) is 16.2. The lowest BCUT2D eigenvalue weighted by Gasteiger charge is -2.21. The monoisotopic (exact) mass is 471 g/mol. The van der Waals surface area contributed by atoms with Crippen LogP contribution in [0.15, 0.2) is 65.6 Å². The summed E-state index contributed by atoms with van der Waals surface area (Å²) in [5, 5.41) is 7.38. The zero-order chi connectivity index (χ0) is 23.4. The number of benzene rings is 2. The second kappa shape index (κ2) is 9.82. The topological polar surface area (TPSA) is 87.5 Å². The predicted octanol–water partition coefficient (Wildman–Crippen LogP) is 2.65. The van der Waals surface area contributed by atoms with Crippen molar-refractivity contribution < 1.29 is 17.6 Å². The Kier molecular flexibility index (Phi) is 6.87. The molecule has 0 radical (unpaired) electrons. The minimum atomic E-state index is -3.71. The minimum absolute atomic E-state index is 0.0691. The standard InChI is InChI=1S/C23H26FN5O3S/c1-18-16-22(29(26-18)20-6-3-2-4-7-20)25-23(30)17-27-12-5-13-28(15-14-27)33(31,32)21-10-8-19(24)9-11-21/h2-4,6-11,16H,5,12-15,17H2,1H3,(H,25,30). The summed E-state index contributed by atoms with van der Waals surface area (Å²) < 4.78 is 42.0. The Bertz CT molecular complexity index is 1210. The number of amides is 1. The van der Waals surface area contributed by atoms with Gasteiger partial charge in [-0.3, -0.25) is 9.69 Å². The van der Waals surface area contributed by atoms with Crippen LogP contribution >= 0.6 is 0 Å². The van der Waals surface area contributed by atoms with Crippen molar-refractivity contribution in [2.24, 2.45) is 0 Å². The van der Waals surface area contributed by atoms with Gasteiger partial charge in [-0.25, -0.2) is 17.5 Å². The first-order chi connectivity index (χ1) is 15.8. The third-order valence-corrected chi connectivity index (χ3v) is 7.38. The number of anilines is 1. The molecule has 0 aliphatic carbocycles. The number of carbonyl (C=O) groups is 1. The molecule has 4 rings (SSSR count). The average molecular weight is 472 g/mol. The second-order valence-corrected chi connectivity index (χ2v) is 9.89. The third kappa shape index (κ3) is 5.47. The van der Waals surface area contributed by atoms with E-state index in [1.807, 2.05) is 48.2 Å². The molecule has 8 nitrogen and oxygen atoms in total. The van der Waals surface area contributed by atoms with Crippen molar-refractivity contribution in [1.82, 2.24) is 19.0 Å². The van der Waals surface area contributed by atoms with Crippen LogP contribution < -0.4 is 5.32 Å². The summed E-state index contributed by atoms with van der Waals surface area (Å²) in [6.07, 6.45) is 0.592. The molecule has 1 saturated heterocycles. The van der Waals surface area contributed by atoms with Crippen LogP contribution in [0.4, 0.5) is 10.2 Å². The van der Waals surface area contributed by atoms with Gasteiger partial charge in [0.1, 0.15) is 11.6 Å². The van der Waals surface area contributed by atoms with Gasteiger partial charge in [0.2, 0.25) is 15.9 Å². The fourth-order valence-corrected chi connectivity index (χ4v) is 5.31. The van der Waals surface area contributed by atoms with E-state index in [0.29, 0.717) is 31.9 Å². The minimum Gasteiger partial charge on any atom is -0.309 e. The molecule has 1 aromatic heterocycles. The molecule has 0 atom stereocenters. The number of aryl methyl sites for hydroxylation is 1. The Morgan fingerprint density at radius 3 is 2.48 bits per heavy atom. The van der Waals surface area contributed by atoms with Gasteiger partial charge >= 0.3 is 0 Å². The number of halogens is 1. The van der Waals surface area contributed by atoms with Gasteiger partial charge < -0.3 is 5.32 Å². The number of hydrogen-bond acceptors (Lipinski definition) is 5. The van der Waals surface area contributed by atoms with Gasteiger partial charge in [0.05, 0.1) is 22.8 Å². The molecular weight excluding hydrogens is 445 g/mol. The zero-order valence-electron chi connectivity index (χ0n) is 18.3. The van der Waals surface area contributed by atoms with E-state index in [1.165, 1.54) is 16.4 Å². The van der Waals surface area contributed by atoms with Crippen molar-refractivity contribution in [1.29, 1.82) is 0 Å². The summed E-state index contributed by atoms with van der Waals surface area (Å²) >= 11 is 0. The fourth-order valence-electron chi connectivity index (χ4n) is 3.84. The first-order valence-corrected chi connectivity index (χ1v) is 12.2. The molecular formula is C23H26FN5O3S. The second-order valence-electron chi connectivity index (χ2n) is 7.95. The lowest BCUT2D eigenvalue weighted by atomic mass is 10.3. The molecule has 2 heterocycles. The van der Waals surface area contributed by atoms with Crippen LogP contribution in [0.5, 0.6) is 0 Å². The number of para-hydroxylation sites is 1. The molecule has 1 aliphatic heterocycles. The summed E-state index contributed by atoms with van der Waals surface area (Å²) in [5.74, 6) is -0.0910. The maximum absolute atomic E-state index is 13.2. The molecule has 0 unspecified atom stereocenters. The lowest BCUT2D eigenvalue weighted by molar-refractivity contribution is -0.117. The molecule has 1 fully saturated rings. The predicted molar refractivity (Wildman–Crippen MR) is 123 cm³/mol. The Balaban J connectivity index is 1.38. The molecule has 0 saturated carbocycles. The van der Waals surface area contributed by atoms with E-state index in [1.54, 1.807) is 4.68 Å². The van der Waals surface area contributed by atoms with E-state index in [0.717, 1.165) is 23.5 Å². The quantitative estimate of drug-likeness (QED) is 0.597. The maximum Gasteiger partial charge on any atom is 0.243 e. The first kappa shape index (κ1) is 23.1. The van der Waals surface area contributed by atoms with E-state index >= 15 is 0 Å². The fraction of sp³-hybridized carbons (Fsp3) is 0.304.